The first-order valence-corrected chi connectivity index (χ1v) is 14.8. The van der Waals surface area contributed by atoms with Crippen LogP contribution in [-0.2, 0) is 5.41 Å². The topological polar surface area (TPSA) is 35.6 Å². The Morgan fingerprint density at radius 2 is 1.09 bits per heavy atom. The predicted molar refractivity (Wildman–Crippen MR) is 178 cm³/mol. The van der Waals surface area contributed by atoms with Crippen molar-refractivity contribution in [3.05, 3.63) is 145 Å². The van der Waals surface area contributed by atoms with Gasteiger partial charge in [0.25, 0.3) is 0 Å². The zero-order valence-electron chi connectivity index (χ0n) is 24.0. The summed E-state index contributed by atoms with van der Waals surface area (Å²) in [5.41, 5.74) is 6.96. The molecule has 0 saturated carbocycles. The van der Waals surface area contributed by atoms with E-state index in [2.05, 4.69) is 132 Å². The van der Waals surface area contributed by atoms with Crippen molar-refractivity contribution in [1.29, 1.82) is 0 Å². The second-order valence-electron chi connectivity index (χ2n) is 12.0. The number of para-hydroxylation sites is 1. The van der Waals surface area contributed by atoms with Gasteiger partial charge in [0.05, 0.1) is 22.1 Å². The molecule has 0 saturated heterocycles. The number of pyridine rings is 2. The molecular weight excluding hydrogens is 524 g/mol. The van der Waals surface area contributed by atoms with E-state index in [1.807, 2.05) is 24.5 Å². The summed E-state index contributed by atoms with van der Waals surface area (Å²) in [7, 11) is 0. The monoisotopic (exact) mass is 552 g/mol. The van der Waals surface area contributed by atoms with Gasteiger partial charge in [0, 0.05) is 39.4 Å². The molecule has 0 aliphatic rings. The van der Waals surface area contributed by atoms with Gasteiger partial charge in [0.2, 0.25) is 0 Å². The van der Waals surface area contributed by atoms with Crippen LogP contribution in [0.2, 0.25) is 0 Å². The lowest BCUT2D eigenvalue weighted by Gasteiger charge is -2.27. The van der Waals surface area contributed by atoms with Crippen LogP contribution in [-0.4, -0.2) is 19.1 Å². The summed E-state index contributed by atoms with van der Waals surface area (Å²) in [6.07, 6.45) is 3.74. The Balaban J connectivity index is 1.31. The third kappa shape index (κ3) is 3.38. The summed E-state index contributed by atoms with van der Waals surface area (Å²) in [6, 6.07) is 43.7. The molecule has 4 nitrogen and oxygen atoms in total. The van der Waals surface area contributed by atoms with Crippen molar-refractivity contribution in [2.24, 2.45) is 0 Å². The quantitative estimate of drug-likeness (QED) is 0.204. The van der Waals surface area contributed by atoms with Crippen LogP contribution in [0, 0.1) is 0 Å². The number of aromatic nitrogens is 4. The van der Waals surface area contributed by atoms with Crippen molar-refractivity contribution in [2.75, 3.05) is 0 Å². The Labute approximate surface area is 248 Å². The highest BCUT2D eigenvalue weighted by Crippen LogP contribution is 2.43. The van der Waals surface area contributed by atoms with E-state index in [-0.39, 0.29) is 5.41 Å². The van der Waals surface area contributed by atoms with E-state index in [0.29, 0.717) is 0 Å². The minimum Gasteiger partial charge on any atom is -0.294 e. The average Bonchev–Trinajstić information content (AvgIpc) is 3.58. The lowest BCUT2D eigenvalue weighted by Crippen LogP contribution is -2.19. The van der Waals surface area contributed by atoms with Gasteiger partial charge in [-0.1, -0.05) is 86.6 Å². The minimum atomic E-state index is -0.274. The molecular formula is C39H28N4. The van der Waals surface area contributed by atoms with Crippen LogP contribution < -0.4 is 0 Å². The Bertz CT molecular complexity index is 2470. The van der Waals surface area contributed by atoms with Gasteiger partial charge in [-0.15, -0.1) is 0 Å². The predicted octanol–water partition coefficient (Wildman–Crippen LogP) is 9.59. The molecule has 0 aliphatic heterocycles. The maximum absolute atomic E-state index is 4.78. The van der Waals surface area contributed by atoms with Crippen molar-refractivity contribution in [3.8, 4) is 11.6 Å². The van der Waals surface area contributed by atoms with E-state index in [4.69, 9.17) is 9.97 Å². The zero-order chi connectivity index (χ0) is 28.7. The maximum atomic E-state index is 4.78. The maximum Gasteiger partial charge on any atom is 0.137 e. The van der Waals surface area contributed by atoms with Gasteiger partial charge < -0.3 is 0 Å². The number of benzene rings is 5. The summed E-state index contributed by atoms with van der Waals surface area (Å²) in [4.78, 5) is 9.52. The fraction of sp³-hybridized carbons (Fsp3) is 0.0769. The SMILES string of the molecule is CC(C)(c1ccc2c3ccccc3n(-c3ccccn3)c2c1)c1cc2ccc3cccc4c3c2c(c1)n4-c1ccccn1. The van der Waals surface area contributed by atoms with Crippen LogP contribution in [0.5, 0.6) is 0 Å². The largest absolute Gasteiger partial charge is 0.294 e. The van der Waals surface area contributed by atoms with E-state index < -0.39 is 0 Å². The van der Waals surface area contributed by atoms with Crippen LogP contribution in [0.1, 0.15) is 25.0 Å². The van der Waals surface area contributed by atoms with Crippen molar-refractivity contribution in [2.45, 2.75) is 19.3 Å². The highest BCUT2D eigenvalue weighted by molar-refractivity contribution is 6.24. The number of nitrogens with zero attached hydrogens (tertiary/aromatic N) is 4. The molecule has 204 valence electrons. The molecule has 0 N–H and O–H groups in total. The normalized spacial score (nSPS) is 12.4. The summed E-state index contributed by atoms with van der Waals surface area (Å²) in [5, 5.41) is 7.57. The first kappa shape index (κ1) is 24.2. The molecule has 0 radical (unpaired) electrons. The third-order valence-corrected chi connectivity index (χ3v) is 9.27. The Morgan fingerprint density at radius 1 is 0.465 bits per heavy atom. The Hall–Kier alpha value is -5.48. The fourth-order valence-electron chi connectivity index (χ4n) is 7.05. The molecule has 4 heteroatoms. The van der Waals surface area contributed by atoms with Gasteiger partial charge in [-0.25, -0.2) is 9.97 Å². The van der Waals surface area contributed by atoms with Crippen molar-refractivity contribution >= 4 is 54.4 Å². The average molecular weight is 553 g/mol. The first-order valence-electron chi connectivity index (χ1n) is 14.8. The lowest BCUT2D eigenvalue weighted by molar-refractivity contribution is 0.643. The Kier molecular flexibility index (Phi) is 4.92. The summed E-state index contributed by atoms with van der Waals surface area (Å²) in [5.74, 6) is 1.86. The van der Waals surface area contributed by atoms with Crippen LogP contribution >= 0.6 is 0 Å². The molecule has 0 atom stereocenters. The molecule has 0 aliphatic carbocycles. The molecule has 0 spiro atoms. The molecule has 5 aromatic carbocycles. The minimum absolute atomic E-state index is 0.274. The van der Waals surface area contributed by atoms with Gasteiger partial charge in [0.15, 0.2) is 0 Å². The molecule has 0 unspecified atom stereocenters. The third-order valence-electron chi connectivity index (χ3n) is 9.27. The van der Waals surface area contributed by atoms with Crippen molar-refractivity contribution < 1.29 is 0 Å². The van der Waals surface area contributed by atoms with Gasteiger partial charge in [0.1, 0.15) is 11.6 Å². The first-order chi connectivity index (χ1) is 21.1. The summed E-state index contributed by atoms with van der Waals surface area (Å²) in [6.45, 7) is 4.67. The molecule has 0 bridgehead atoms. The summed E-state index contributed by atoms with van der Waals surface area (Å²) < 4.78 is 4.62. The number of fused-ring (bicyclic) bond motifs is 3. The van der Waals surface area contributed by atoms with Crippen molar-refractivity contribution in [3.63, 3.8) is 0 Å². The molecule has 0 fully saturated rings. The number of hydrogen-bond donors (Lipinski definition) is 0. The van der Waals surface area contributed by atoms with Crippen LogP contribution in [0.4, 0.5) is 0 Å². The highest BCUT2D eigenvalue weighted by Gasteiger charge is 2.27. The summed E-state index contributed by atoms with van der Waals surface area (Å²) >= 11 is 0. The molecule has 43 heavy (non-hydrogen) atoms. The van der Waals surface area contributed by atoms with Crippen molar-refractivity contribution in [1.82, 2.24) is 19.1 Å². The van der Waals surface area contributed by atoms with Gasteiger partial charge >= 0.3 is 0 Å². The van der Waals surface area contributed by atoms with E-state index in [1.54, 1.807) is 0 Å². The Morgan fingerprint density at radius 3 is 1.86 bits per heavy atom. The molecule has 9 aromatic rings. The number of rotatable bonds is 4. The standard InChI is InChI=1S/C39H28N4/c1-39(2,27-18-19-30-29-11-3-4-12-31(29)42(33(30)23-27)35-14-5-7-20-40-35)28-22-26-17-16-25-10-9-13-32-37(25)38(26)34(24-28)43(32)36-15-6-8-21-41-36/h3-24H,1-2H3. The van der Waals surface area contributed by atoms with E-state index in [9.17, 15) is 0 Å². The smallest absolute Gasteiger partial charge is 0.137 e. The van der Waals surface area contributed by atoms with E-state index >= 15 is 0 Å². The van der Waals surface area contributed by atoms with Crippen LogP contribution in [0.15, 0.2) is 134 Å². The van der Waals surface area contributed by atoms with Gasteiger partial charge in [-0.2, -0.15) is 0 Å². The molecule has 0 amide bonds. The second kappa shape index (κ2) is 8.76. The lowest BCUT2D eigenvalue weighted by atomic mass is 9.77. The molecule has 9 rings (SSSR count). The van der Waals surface area contributed by atoms with E-state index in [0.717, 1.165) is 17.2 Å². The highest BCUT2D eigenvalue weighted by atomic mass is 15.1. The molecule has 4 aromatic heterocycles. The van der Waals surface area contributed by atoms with E-state index in [1.165, 1.54) is 60.0 Å². The zero-order valence-corrected chi connectivity index (χ0v) is 24.0. The number of hydrogen-bond acceptors (Lipinski definition) is 2. The van der Waals surface area contributed by atoms with Gasteiger partial charge in [-0.05, 0) is 70.4 Å². The van der Waals surface area contributed by atoms with Crippen LogP contribution in [0.25, 0.3) is 66.0 Å². The fourth-order valence-corrected chi connectivity index (χ4v) is 7.05. The van der Waals surface area contributed by atoms with Crippen LogP contribution in [0.3, 0.4) is 0 Å². The molecule has 4 heterocycles. The van der Waals surface area contributed by atoms with Gasteiger partial charge in [-0.3, -0.25) is 9.13 Å². The second-order valence-corrected chi connectivity index (χ2v) is 12.0.